The molecule has 3 N–H and O–H groups in total. The maximum Gasteiger partial charge on any atom is 0.233 e. The standard InChI is InChI=1S/C12H22N2O3S/c1-9(2)17-8-5-14-11(15)12(10(13)18)3-6-16-7-4-12/h9H,3-8H2,1-2H3,(H2,13,18)(H,14,15). The van der Waals surface area contributed by atoms with Crippen LogP contribution in [0, 0.1) is 5.41 Å². The quantitative estimate of drug-likeness (QED) is 0.548. The van der Waals surface area contributed by atoms with Crippen LogP contribution in [0.4, 0.5) is 0 Å². The molecule has 18 heavy (non-hydrogen) atoms. The van der Waals surface area contributed by atoms with Gasteiger partial charge in [-0.3, -0.25) is 4.79 Å². The summed E-state index contributed by atoms with van der Waals surface area (Å²) in [6.07, 6.45) is 1.27. The third-order valence-electron chi connectivity index (χ3n) is 3.09. The first-order chi connectivity index (χ1) is 8.49. The topological polar surface area (TPSA) is 73.6 Å². The summed E-state index contributed by atoms with van der Waals surface area (Å²) in [5, 5.41) is 2.84. The van der Waals surface area contributed by atoms with Crippen LogP contribution in [-0.4, -0.2) is 43.4 Å². The van der Waals surface area contributed by atoms with Gasteiger partial charge >= 0.3 is 0 Å². The molecule has 1 fully saturated rings. The van der Waals surface area contributed by atoms with Gasteiger partial charge in [-0.15, -0.1) is 0 Å². The summed E-state index contributed by atoms with van der Waals surface area (Å²) in [6.45, 7) is 5.92. The molecule has 1 aliphatic heterocycles. The average molecular weight is 274 g/mol. The molecule has 0 radical (unpaired) electrons. The molecule has 0 atom stereocenters. The number of nitrogens with two attached hydrogens (primary N) is 1. The summed E-state index contributed by atoms with van der Waals surface area (Å²) >= 11 is 5.05. The molecule has 1 amide bonds. The Balaban J connectivity index is 2.48. The molecule has 0 bridgehead atoms. The van der Waals surface area contributed by atoms with Crippen molar-refractivity contribution < 1.29 is 14.3 Å². The first-order valence-electron chi connectivity index (χ1n) is 6.26. The minimum atomic E-state index is -0.745. The van der Waals surface area contributed by atoms with E-state index in [9.17, 15) is 4.79 Å². The van der Waals surface area contributed by atoms with Crippen LogP contribution in [0.5, 0.6) is 0 Å². The van der Waals surface area contributed by atoms with Crippen molar-refractivity contribution >= 4 is 23.1 Å². The summed E-state index contributed by atoms with van der Waals surface area (Å²) in [5.74, 6) is -0.106. The molecule has 0 saturated carbocycles. The molecular weight excluding hydrogens is 252 g/mol. The first kappa shape index (κ1) is 15.3. The number of nitrogens with one attached hydrogen (secondary N) is 1. The number of carbonyl (C=O) groups excluding carboxylic acids is 1. The second-order valence-corrected chi connectivity index (χ2v) is 5.17. The molecule has 0 aromatic rings. The normalized spacial score (nSPS) is 18.6. The van der Waals surface area contributed by atoms with E-state index >= 15 is 0 Å². The summed E-state index contributed by atoms with van der Waals surface area (Å²) in [6, 6.07) is 0. The lowest BCUT2D eigenvalue weighted by molar-refractivity contribution is -0.131. The molecule has 1 rings (SSSR count). The second kappa shape index (κ2) is 7.01. The monoisotopic (exact) mass is 274 g/mol. The van der Waals surface area contributed by atoms with Gasteiger partial charge in [-0.05, 0) is 26.7 Å². The van der Waals surface area contributed by atoms with Crippen LogP contribution in [0.2, 0.25) is 0 Å². The molecule has 104 valence electrons. The molecule has 1 aliphatic rings. The third-order valence-corrected chi connectivity index (χ3v) is 3.48. The van der Waals surface area contributed by atoms with Crippen LogP contribution in [0.15, 0.2) is 0 Å². The van der Waals surface area contributed by atoms with E-state index in [2.05, 4.69) is 5.32 Å². The van der Waals surface area contributed by atoms with Crippen molar-refractivity contribution in [3.8, 4) is 0 Å². The molecule has 6 heteroatoms. The number of rotatable bonds is 6. The summed E-state index contributed by atoms with van der Waals surface area (Å²) in [4.78, 5) is 12.5. The van der Waals surface area contributed by atoms with Crippen LogP contribution in [0.1, 0.15) is 26.7 Å². The molecule has 0 aliphatic carbocycles. The number of ether oxygens (including phenoxy) is 2. The fourth-order valence-electron chi connectivity index (χ4n) is 1.93. The Hall–Kier alpha value is -0.720. The second-order valence-electron chi connectivity index (χ2n) is 4.73. The highest BCUT2D eigenvalue weighted by Crippen LogP contribution is 2.31. The predicted molar refractivity (Wildman–Crippen MR) is 73.4 cm³/mol. The number of hydrogen-bond donors (Lipinski definition) is 2. The van der Waals surface area contributed by atoms with E-state index in [1.165, 1.54) is 0 Å². The van der Waals surface area contributed by atoms with Gasteiger partial charge < -0.3 is 20.5 Å². The van der Waals surface area contributed by atoms with Crippen molar-refractivity contribution in [3.05, 3.63) is 0 Å². The number of amides is 1. The Morgan fingerprint density at radius 3 is 2.61 bits per heavy atom. The zero-order chi connectivity index (χ0) is 13.6. The zero-order valence-corrected chi connectivity index (χ0v) is 11.8. The highest BCUT2D eigenvalue weighted by atomic mass is 32.1. The van der Waals surface area contributed by atoms with Crippen LogP contribution in [0.3, 0.4) is 0 Å². The van der Waals surface area contributed by atoms with Gasteiger partial charge in [0, 0.05) is 19.8 Å². The SMILES string of the molecule is CC(C)OCCNC(=O)C1(C(N)=S)CCOCC1. The lowest BCUT2D eigenvalue weighted by Crippen LogP contribution is -2.52. The summed E-state index contributed by atoms with van der Waals surface area (Å²) in [5.41, 5.74) is 4.99. The van der Waals surface area contributed by atoms with Crippen molar-refractivity contribution in [2.45, 2.75) is 32.8 Å². The van der Waals surface area contributed by atoms with E-state index in [4.69, 9.17) is 27.4 Å². The van der Waals surface area contributed by atoms with Crippen molar-refractivity contribution in [2.75, 3.05) is 26.4 Å². The van der Waals surface area contributed by atoms with Crippen LogP contribution >= 0.6 is 12.2 Å². The van der Waals surface area contributed by atoms with E-state index in [1.807, 2.05) is 13.8 Å². The highest BCUT2D eigenvalue weighted by Gasteiger charge is 2.42. The van der Waals surface area contributed by atoms with Crippen molar-refractivity contribution in [1.29, 1.82) is 0 Å². The Kier molecular flexibility index (Phi) is 5.98. The minimum Gasteiger partial charge on any atom is -0.392 e. The van der Waals surface area contributed by atoms with E-state index in [0.717, 1.165) is 0 Å². The molecule has 0 aromatic carbocycles. The maximum atomic E-state index is 12.2. The van der Waals surface area contributed by atoms with Crippen LogP contribution in [0.25, 0.3) is 0 Å². The fraction of sp³-hybridized carbons (Fsp3) is 0.833. The smallest absolute Gasteiger partial charge is 0.233 e. The number of thiocarbonyl (C=S) groups is 1. The molecule has 1 saturated heterocycles. The minimum absolute atomic E-state index is 0.106. The number of carbonyl (C=O) groups is 1. The number of hydrogen-bond acceptors (Lipinski definition) is 4. The van der Waals surface area contributed by atoms with E-state index in [1.54, 1.807) is 0 Å². The van der Waals surface area contributed by atoms with Crippen LogP contribution in [-0.2, 0) is 14.3 Å². The van der Waals surface area contributed by atoms with E-state index < -0.39 is 5.41 Å². The van der Waals surface area contributed by atoms with E-state index in [0.29, 0.717) is 39.2 Å². The predicted octanol–water partition coefficient (Wildman–Crippen LogP) is 0.611. The molecular formula is C12H22N2O3S. The van der Waals surface area contributed by atoms with Gasteiger partial charge in [0.25, 0.3) is 0 Å². The highest BCUT2D eigenvalue weighted by molar-refractivity contribution is 7.80. The fourth-order valence-corrected chi connectivity index (χ4v) is 2.23. The molecule has 0 aromatic heterocycles. The van der Waals surface area contributed by atoms with Crippen molar-refractivity contribution in [3.63, 3.8) is 0 Å². The van der Waals surface area contributed by atoms with Gasteiger partial charge in [0.15, 0.2) is 0 Å². The van der Waals surface area contributed by atoms with Crippen LogP contribution < -0.4 is 11.1 Å². The maximum absolute atomic E-state index is 12.2. The molecule has 1 heterocycles. The zero-order valence-electron chi connectivity index (χ0n) is 11.0. The average Bonchev–Trinajstić information content (AvgIpc) is 2.34. The summed E-state index contributed by atoms with van der Waals surface area (Å²) < 4.78 is 10.6. The van der Waals surface area contributed by atoms with Gasteiger partial charge in [-0.25, -0.2) is 0 Å². The van der Waals surface area contributed by atoms with Gasteiger partial charge in [-0.1, -0.05) is 12.2 Å². The van der Waals surface area contributed by atoms with Crippen molar-refractivity contribution in [2.24, 2.45) is 11.1 Å². The van der Waals surface area contributed by atoms with Gasteiger partial charge in [0.1, 0.15) is 5.41 Å². The van der Waals surface area contributed by atoms with Gasteiger partial charge in [-0.2, -0.15) is 0 Å². The Labute approximate surface area is 113 Å². The van der Waals surface area contributed by atoms with E-state index in [-0.39, 0.29) is 17.0 Å². The lowest BCUT2D eigenvalue weighted by Gasteiger charge is -2.34. The Bertz CT molecular complexity index is 302. The molecule has 0 unspecified atom stereocenters. The largest absolute Gasteiger partial charge is 0.392 e. The summed E-state index contributed by atoms with van der Waals surface area (Å²) in [7, 11) is 0. The van der Waals surface area contributed by atoms with Gasteiger partial charge in [0.05, 0.1) is 17.7 Å². The Morgan fingerprint density at radius 1 is 1.50 bits per heavy atom. The van der Waals surface area contributed by atoms with Crippen molar-refractivity contribution in [1.82, 2.24) is 5.32 Å². The third kappa shape index (κ3) is 3.90. The van der Waals surface area contributed by atoms with Gasteiger partial charge in [0.2, 0.25) is 5.91 Å². The molecule has 0 spiro atoms. The Morgan fingerprint density at radius 2 is 2.11 bits per heavy atom. The lowest BCUT2D eigenvalue weighted by atomic mass is 9.79. The molecule has 5 nitrogen and oxygen atoms in total. The first-order valence-corrected chi connectivity index (χ1v) is 6.67.